The van der Waals surface area contributed by atoms with Crippen LogP contribution in [0, 0.1) is 0 Å². The first-order valence-electron chi connectivity index (χ1n) is 7.52. The molecule has 112 valence electrons. The van der Waals surface area contributed by atoms with Crippen molar-refractivity contribution in [2.45, 2.75) is 52.4 Å². The zero-order valence-electron chi connectivity index (χ0n) is 12.9. The number of hydrogen-bond donors (Lipinski definition) is 0. The molecule has 0 aromatic rings. The summed E-state index contributed by atoms with van der Waals surface area (Å²) in [6.07, 6.45) is 23.4. The molecule has 0 amide bonds. The molecule has 0 saturated heterocycles. The zero-order valence-corrected chi connectivity index (χ0v) is 12.9. The molecule has 0 heterocycles. The van der Waals surface area contributed by atoms with E-state index in [-0.39, 0.29) is 5.97 Å². The Morgan fingerprint density at radius 2 is 1.45 bits per heavy atom. The predicted octanol–water partition coefficient (Wildman–Crippen LogP) is 5.13. The SMILES string of the molecule is C/C=C/C=C/C=C/C=C\CCCCCCCOC(C)=O. The molecule has 0 aliphatic rings. The van der Waals surface area contributed by atoms with Crippen molar-refractivity contribution in [2.75, 3.05) is 6.61 Å². The minimum Gasteiger partial charge on any atom is -0.466 e. The third-order valence-corrected chi connectivity index (χ3v) is 2.70. The Bertz CT molecular complexity index is 335. The number of hydrogen-bond acceptors (Lipinski definition) is 2. The number of ether oxygens (including phenoxy) is 1. The van der Waals surface area contributed by atoms with Crippen molar-refractivity contribution in [2.24, 2.45) is 0 Å². The van der Waals surface area contributed by atoms with E-state index in [1.54, 1.807) is 0 Å². The van der Waals surface area contributed by atoms with Gasteiger partial charge in [0, 0.05) is 6.92 Å². The average molecular weight is 276 g/mol. The summed E-state index contributed by atoms with van der Waals surface area (Å²) >= 11 is 0. The first-order chi connectivity index (χ1) is 9.77. The van der Waals surface area contributed by atoms with E-state index in [0.29, 0.717) is 6.61 Å². The maximum atomic E-state index is 10.5. The van der Waals surface area contributed by atoms with Crippen LogP contribution < -0.4 is 0 Å². The van der Waals surface area contributed by atoms with E-state index in [4.69, 9.17) is 4.74 Å². The molecular formula is C18H28O2. The van der Waals surface area contributed by atoms with Crippen molar-refractivity contribution in [3.63, 3.8) is 0 Å². The van der Waals surface area contributed by atoms with E-state index in [9.17, 15) is 4.79 Å². The molecule has 0 aliphatic carbocycles. The Morgan fingerprint density at radius 1 is 0.850 bits per heavy atom. The number of allylic oxidation sites excluding steroid dienone is 8. The minimum atomic E-state index is -0.177. The highest BCUT2D eigenvalue weighted by Gasteiger charge is 1.93. The summed E-state index contributed by atoms with van der Waals surface area (Å²) in [5.41, 5.74) is 0. The van der Waals surface area contributed by atoms with Gasteiger partial charge >= 0.3 is 5.97 Å². The molecule has 0 aliphatic heterocycles. The van der Waals surface area contributed by atoms with Crippen LogP contribution in [-0.2, 0) is 9.53 Å². The fourth-order valence-electron chi connectivity index (χ4n) is 1.65. The van der Waals surface area contributed by atoms with E-state index in [0.717, 1.165) is 19.3 Å². The quantitative estimate of drug-likeness (QED) is 0.297. The van der Waals surface area contributed by atoms with Crippen LogP contribution in [0.1, 0.15) is 52.4 Å². The van der Waals surface area contributed by atoms with Crippen LogP contribution in [0.2, 0.25) is 0 Å². The van der Waals surface area contributed by atoms with E-state index in [1.807, 2.05) is 37.3 Å². The molecule has 2 nitrogen and oxygen atoms in total. The lowest BCUT2D eigenvalue weighted by molar-refractivity contribution is -0.141. The Kier molecular flexibility index (Phi) is 14.3. The highest BCUT2D eigenvalue weighted by molar-refractivity contribution is 5.65. The van der Waals surface area contributed by atoms with Gasteiger partial charge in [0.15, 0.2) is 0 Å². The maximum Gasteiger partial charge on any atom is 0.302 e. The van der Waals surface area contributed by atoms with Gasteiger partial charge in [-0.15, -0.1) is 0 Å². The van der Waals surface area contributed by atoms with Gasteiger partial charge in [0.1, 0.15) is 0 Å². The van der Waals surface area contributed by atoms with Gasteiger partial charge in [-0.25, -0.2) is 0 Å². The van der Waals surface area contributed by atoms with Gasteiger partial charge in [-0.05, 0) is 26.2 Å². The summed E-state index contributed by atoms with van der Waals surface area (Å²) < 4.78 is 4.88. The van der Waals surface area contributed by atoms with Gasteiger partial charge in [-0.3, -0.25) is 4.79 Å². The number of carbonyl (C=O) groups is 1. The first-order valence-corrected chi connectivity index (χ1v) is 7.52. The van der Waals surface area contributed by atoms with Crippen LogP contribution >= 0.6 is 0 Å². The maximum absolute atomic E-state index is 10.5. The third kappa shape index (κ3) is 16.4. The molecule has 0 radical (unpaired) electrons. The smallest absolute Gasteiger partial charge is 0.302 e. The van der Waals surface area contributed by atoms with Crippen molar-refractivity contribution in [1.82, 2.24) is 0 Å². The normalized spacial score (nSPS) is 12.3. The summed E-state index contributed by atoms with van der Waals surface area (Å²) in [4.78, 5) is 10.5. The Morgan fingerprint density at radius 3 is 2.15 bits per heavy atom. The predicted molar refractivity (Wildman–Crippen MR) is 86.6 cm³/mol. The van der Waals surface area contributed by atoms with Crippen LogP contribution in [0.15, 0.2) is 48.6 Å². The molecule has 0 rings (SSSR count). The molecule has 2 heteroatoms. The van der Waals surface area contributed by atoms with Crippen molar-refractivity contribution in [3.8, 4) is 0 Å². The van der Waals surface area contributed by atoms with Crippen molar-refractivity contribution in [1.29, 1.82) is 0 Å². The molecule has 0 fully saturated rings. The van der Waals surface area contributed by atoms with Crippen LogP contribution in [-0.4, -0.2) is 12.6 Å². The lowest BCUT2D eigenvalue weighted by Crippen LogP contribution is -1.99. The van der Waals surface area contributed by atoms with Crippen molar-refractivity contribution < 1.29 is 9.53 Å². The number of rotatable bonds is 11. The number of unbranched alkanes of at least 4 members (excludes halogenated alkanes) is 5. The standard InChI is InChI=1S/C18H28O2/c1-3-4-5-6-7-8-9-10-11-12-13-14-15-16-17-20-18(2)19/h3-10H,11-17H2,1-2H3/b4-3+,6-5+,8-7+,10-9-. The molecule has 0 spiro atoms. The molecule has 20 heavy (non-hydrogen) atoms. The minimum absolute atomic E-state index is 0.177. The van der Waals surface area contributed by atoms with E-state index >= 15 is 0 Å². The lowest BCUT2D eigenvalue weighted by Gasteiger charge is -2.01. The monoisotopic (exact) mass is 276 g/mol. The van der Waals surface area contributed by atoms with Crippen molar-refractivity contribution in [3.05, 3.63) is 48.6 Å². The molecule has 0 aromatic heterocycles. The van der Waals surface area contributed by atoms with E-state index in [2.05, 4.69) is 18.2 Å². The topological polar surface area (TPSA) is 26.3 Å². The first kappa shape index (κ1) is 18.4. The third-order valence-electron chi connectivity index (χ3n) is 2.70. The molecule has 0 N–H and O–H groups in total. The van der Waals surface area contributed by atoms with Crippen LogP contribution in [0.25, 0.3) is 0 Å². The highest BCUT2D eigenvalue weighted by atomic mass is 16.5. The summed E-state index contributed by atoms with van der Waals surface area (Å²) in [6.45, 7) is 4.03. The molecule has 0 unspecified atom stereocenters. The van der Waals surface area contributed by atoms with Gasteiger partial charge < -0.3 is 4.74 Å². The number of esters is 1. The Labute approximate surface area is 123 Å². The molecular weight excluding hydrogens is 248 g/mol. The van der Waals surface area contributed by atoms with Crippen LogP contribution in [0.4, 0.5) is 0 Å². The Hall–Kier alpha value is -1.57. The molecule has 0 bridgehead atoms. The second-order valence-electron chi connectivity index (χ2n) is 4.62. The fourth-order valence-corrected chi connectivity index (χ4v) is 1.65. The van der Waals surface area contributed by atoms with Gasteiger partial charge in [0.25, 0.3) is 0 Å². The summed E-state index contributed by atoms with van der Waals surface area (Å²) in [5, 5.41) is 0. The Balaban J connectivity index is 3.29. The largest absolute Gasteiger partial charge is 0.466 e. The summed E-state index contributed by atoms with van der Waals surface area (Å²) in [6, 6.07) is 0. The highest BCUT2D eigenvalue weighted by Crippen LogP contribution is 2.06. The second-order valence-corrected chi connectivity index (χ2v) is 4.62. The van der Waals surface area contributed by atoms with E-state index < -0.39 is 0 Å². The van der Waals surface area contributed by atoms with E-state index in [1.165, 1.54) is 26.2 Å². The number of carbonyl (C=O) groups excluding carboxylic acids is 1. The molecule has 0 aromatic carbocycles. The van der Waals surface area contributed by atoms with Crippen LogP contribution in [0.5, 0.6) is 0 Å². The van der Waals surface area contributed by atoms with Crippen LogP contribution in [0.3, 0.4) is 0 Å². The van der Waals surface area contributed by atoms with Gasteiger partial charge in [-0.2, -0.15) is 0 Å². The molecule has 0 saturated carbocycles. The average Bonchev–Trinajstić information content (AvgIpc) is 2.43. The van der Waals surface area contributed by atoms with Gasteiger partial charge in [0.05, 0.1) is 6.61 Å². The summed E-state index contributed by atoms with van der Waals surface area (Å²) in [5.74, 6) is -0.177. The molecule has 0 atom stereocenters. The summed E-state index contributed by atoms with van der Waals surface area (Å²) in [7, 11) is 0. The fraction of sp³-hybridized carbons (Fsp3) is 0.500. The lowest BCUT2D eigenvalue weighted by atomic mass is 10.1. The van der Waals surface area contributed by atoms with Crippen molar-refractivity contribution >= 4 is 5.97 Å². The zero-order chi connectivity index (χ0) is 14.9. The second kappa shape index (κ2) is 15.5. The van der Waals surface area contributed by atoms with Gasteiger partial charge in [0.2, 0.25) is 0 Å². The van der Waals surface area contributed by atoms with Gasteiger partial charge in [-0.1, -0.05) is 67.9 Å².